The summed E-state index contributed by atoms with van der Waals surface area (Å²) < 4.78 is 23.9. The van der Waals surface area contributed by atoms with Gasteiger partial charge in [-0.15, -0.1) is 0 Å². The zero-order valence-electron chi connectivity index (χ0n) is 36.6. The maximum Gasteiger partial charge on any atom is 0.418 e. The molecule has 3 aliphatic rings. The molecule has 0 radical (unpaired) electrons. The van der Waals surface area contributed by atoms with Gasteiger partial charge in [0.25, 0.3) is 5.91 Å². The van der Waals surface area contributed by atoms with E-state index in [2.05, 4.69) is 0 Å². The number of Topliss-reactive ketones (excluding diaryl/α,β-unsaturated/α-hetero) is 2. The summed E-state index contributed by atoms with van der Waals surface area (Å²) in [5, 5.41) is 43.9. The van der Waals surface area contributed by atoms with Gasteiger partial charge in [0.05, 0.1) is 43.5 Å². The summed E-state index contributed by atoms with van der Waals surface area (Å²) in [4.78, 5) is 68.2. The molecule has 0 saturated carbocycles. The summed E-state index contributed by atoms with van der Waals surface area (Å²) in [6, 6.07) is 15.2. The number of aliphatic hydroxyl groups is 4. The number of esters is 1. The largest absolute Gasteiger partial charge is 0.462 e. The fourth-order valence-electron chi connectivity index (χ4n) is 8.44. The van der Waals surface area contributed by atoms with E-state index in [0.717, 1.165) is 10.5 Å². The van der Waals surface area contributed by atoms with E-state index in [9.17, 15) is 44.4 Å². The van der Waals surface area contributed by atoms with E-state index < -0.39 is 122 Å². The maximum absolute atomic E-state index is 14.5. The second kappa shape index (κ2) is 22.1. The van der Waals surface area contributed by atoms with E-state index >= 15 is 0 Å². The second-order valence-corrected chi connectivity index (χ2v) is 16.8. The summed E-state index contributed by atoms with van der Waals surface area (Å²) in [6.07, 6.45) is -7.80. The van der Waals surface area contributed by atoms with Crippen LogP contribution >= 0.6 is 0 Å². The molecule has 15 nitrogen and oxygen atoms in total. The summed E-state index contributed by atoms with van der Waals surface area (Å²) >= 11 is 0. The molecule has 15 heteroatoms. The Hall–Kier alpha value is -4.35. The van der Waals surface area contributed by atoms with Crippen LogP contribution < -0.4 is 0 Å². The van der Waals surface area contributed by atoms with Crippen molar-refractivity contribution in [2.45, 2.75) is 129 Å². The molecule has 2 saturated heterocycles. The minimum absolute atomic E-state index is 0.121. The number of ketones is 2. The SMILES string of the molecule is CC(=O)c1ccccc1.CC[C@H]1OC(=O)C[C@@H](O)[C@H](C)[C@@H](OC2OC(C)C(O)C(N(C)C)C2O)[C@@H](C)C[C@@H](C)C(=O)C2C(OC(=O)N2C(=O)c2ccccc2)/C(C)=C/[C@@H]1CO. The Morgan fingerprint density at radius 3 is 2.00 bits per heavy atom. The lowest BCUT2D eigenvalue weighted by Crippen LogP contribution is -2.63. The molecule has 2 aromatic rings. The molecule has 3 heterocycles. The lowest BCUT2D eigenvalue weighted by atomic mass is 9.80. The van der Waals surface area contributed by atoms with Crippen LogP contribution in [0.1, 0.15) is 88.4 Å². The first-order chi connectivity index (χ1) is 28.8. The molecule has 7 unspecified atom stereocenters. The molecule has 0 spiro atoms. The number of carbonyl (C=O) groups excluding carboxylic acids is 5. The van der Waals surface area contributed by atoms with Gasteiger partial charge in [0.2, 0.25) is 0 Å². The van der Waals surface area contributed by atoms with Crippen molar-refractivity contribution < 1.29 is 63.3 Å². The minimum Gasteiger partial charge on any atom is -0.462 e. The first-order valence-corrected chi connectivity index (χ1v) is 21.0. The number of imide groups is 1. The van der Waals surface area contributed by atoms with Crippen molar-refractivity contribution in [2.24, 2.45) is 23.7 Å². The Balaban J connectivity index is 0.000000804. The van der Waals surface area contributed by atoms with E-state index in [0.29, 0.717) is 12.0 Å². The normalized spacial score (nSPS) is 34.9. The van der Waals surface area contributed by atoms with Crippen molar-refractivity contribution >= 4 is 29.5 Å². The lowest BCUT2D eigenvalue weighted by Gasteiger charge is -2.46. The van der Waals surface area contributed by atoms with Crippen molar-refractivity contribution in [1.29, 1.82) is 0 Å². The monoisotopic (exact) mass is 852 g/mol. The fourth-order valence-corrected chi connectivity index (χ4v) is 8.44. The fraction of sp³-hybridized carbons (Fsp3) is 0.587. The highest BCUT2D eigenvalue weighted by Crippen LogP contribution is 2.36. The highest BCUT2D eigenvalue weighted by molar-refractivity contribution is 6.08. The van der Waals surface area contributed by atoms with Crippen LogP contribution in [0.4, 0.5) is 4.79 Å². The molecule has 2 fully saturated rings. The molecule has 5 rings (SSSR count). The summed E-state index contributed by atoms with van der Waals surface area (Å²) in [5.41, 5.74) is 1.35. The molecule has 0 aliphatic carbocycles. The maximum atomic E-state index is 14.5. The number of rotatable bonds is 7. The Labute approximate surface area is 358 Å². The quantitative estimate of drug-likeness (QED) is 0.175. The second-order valence-electron chi connectivity index (χ2n) is 16.8. The molecule has 0 aromatic heterocycles. The van der Waals surface area contributed by atoms with Gasteiger partial charge in [-0.25, -0.2) is 9.69 Å². The van der Waals surface area contributed by atoms with Crippen LogP contribution in [0.3, 0.4) is 0 Å². The van der Waals surface area contributed by atoms with Gasteiger partial charge in [-0.3, -0.25) is 19.2 Å². The molecular weight excluding hydrogens is 789 g/mol. The van der Waals surface area contributed by atoms with E-state index in [1.165, 1.54) is 12.1 Å². The van der Waals surface area contributed by atoms with Gasteiger partial charge in [0.15, 0.2) is 24.0 Å². The van der Waals surface area contributed by atoms with Crippen LogP contribution in [0.25, 0.3) is 0 Å². The average molecular weight is 853 g/mol. The van der Waals surface area contributed by atoms with Gasteiger partial charge in [-0.05, 0) is 71.3 Å². The summed E-state index contributed by atoms with van der Waals surface area (Å²) in [5.74, 6) is -4.56. The Kier molecular flexibility index (Phi) is 17.9. The Morgan fingerprint density at radius 1 is 0.885 bits per heavy atom. The minimum atomic E-state index is -1.36. The number of likely N-dealkylation sites (N-methyl/N-ethyl adjacent to an activating group) is 1. The van der Waals surface area contributed by atoms with Crippen LogP contribution in [-0.4, -0.2) is 142 Å². The van der Waals surface area contributed by atoms with Crippen molar-refractivity contribution in [3.8, 4) is 0 Å². The molecule has 0 bridgehead atoms. The van der Waals surface area contributed by atoms with Crippen LogP contribution in [0.2, 0.25) is 0 Å². The zero-order valence-corrected chi connectivity index (χ0v) is 36.6. The molecule has 14 atom stereocenters. The summed E-state index contributed by atoms with van der Waals surface area (Å²) in [6.45, 7) is 11.4. The van der Waals surface area contributed by atoms with Gasteiger partial charge >= 0.3 is 12.1 Å². The van der Waals surface area contributed by atoms with E-state index in [4.69, 9.17) is 18.9 Å². The number of carbonyl (C=O) groups is 5. The number of aliphatic hydroxyl groups excluding tert-OH is 4. The molecule has 2 aromatic carbocycles. The highest BCUT2D eigenvalue weighted by Gasteiger charge is 2.52. The van der Waals surface area contributed by atoms with Gasteiger partial charge < -0.3 is 44.3 Å². The van der Waals surface area contributed by atoms with Crippen molar-refractivity contribution in [2.75, 3.05) is 20.7 Å². The third kappa shape index (κ3) is 12.0. The topological polar surface area (TPSA) is 210 Å². The van der Waals surface area contributed by atoms with Crippen LogP contribution in [-0.2, 0) is 28.5 Å². The first kappa shape index (κ1) is 49.3. The molecule has 61 heavy (non-hydrogen) atoms. The number of ether oxygens (including phenoxy) is 4. The lowest BCUT2D eigenvalue weighted by molar-refractivity contribution is -0.303. The molecule has 3 aliphatic heterocycles. The van der Waals surface area contributed by atoms with Gasteiger partial charge in [-0.1, -0.05) is 82.3 Å². The average Bonchev–Trinajstić information content (AvgIpc) is 3.58. The first-order valence-electron chi connectivity index (χ1n) is 21.0. The van der Waals surface area contributed by atoms with Crippen LogP contribution in [0.15, 0.2) is 72.3 Å². The number of nitrogens with zero attached hydrogens (tertiary/aromatic N) is 2. The predicted molar refractivity (Wildman–Crippen MR) is 224 cm³/mol. The van der Waals surface area contributed by atoms with Gasteiger partial charge in [0.1, 0.15) is 18.2 Å². The standard InChI is InChI=1S/C38H56N2O12.C8H8O/c1-9-27-25(18-41)16-21(4)35-30(40(38(48)52-35)36(47)24-13-11-10-12-14-24)31(44)19(2)15-20(3)34(22(5)26(42)17-28(43)50-27)51-37-33(46)29(39(7)8)32(45)23(6)49-37;1-7(9)8-5-3-2-4-6-8/h10-14,16,19-20,22-23,25-27,29-30,32-35,37,41-42,45-46H,9,15,17-18H2,1-8H3;2-6H,1H3/b21-16+;/t19-,20+,22+,23?,25-,26-,27-,29?,30?,32?,33?,34+,35?,37?;/m1./s1. The number of fused-ring (bicyclic) bond motifs is 1. The molecule has 4 N–H and O–H groups in total. The van der Waals surface area contributed by atoms with Crippen LogP contribution in [0, 0.1) is 23.7 Å². The van der Waals surface area contributed by atoms with Crippen molar-refractivity contribution in [1.82, 2.24) is 9.80 Å². The molecular formula is C46H64N2O13. The van der Waals surface area contributed by atoms with Crippen LogP contribution in [0.5, 0.6) is 0 Å². The molecule has 2 amide bonds. The third-order valence-corrected chi connectivity index (χ3v) is 12.0. The summed E-state index contributed by atoms with van der Waals surface area (Å²) in [7, 11) is 3.43. The number of hydrogen-bond donors (Lipinski definition) is 4. The van der Waals surface area contributed by atoms with Gasteiger partial charge in [-0.2, -0.15) is 0 Å². The van der Waals surface area contributed by atoms with E-state index in [1.54, 1.807) is 91.7 Å². The number of cyclic esters (lactones) is 1. The van der Waals surface area contributed by atoms with Crippen molar-refractivity contribution in [3.63, 3.8) is 0 Å². The number of hydrogen-bond acceptors (Lipinski definition) is 14. The Bertz CT molecular complexity index is 1820. The Morgan fingerprint density at radius 2 is 1.48 bits per heavy atom. The predicted octanol–water partition coefficient (Wildman–Crippen LogP) is 4.20. The van der Waals surface area contributed by atoms with Gasteiger partial charge in [0, 0.05) is 28.9 Å². The molecule has 336 valence electrons. The third-order valence-electron chi connectivity index (χ3n) is 12.0. The number of amides is 2. The smallest absolute Gasteiger partial charge is 0.418 e. The van der Waals surface area contributed by atoms with E-state index in [-0.39, 0.29) is 17.8 Å². The highest BCUT2D eigenvalue weighted by atomic mass is 16.7. The number of benzene rings is 2. The zero-order chi connectivity index (χ0) is 45.3. The van der Waals surface area contributed by atoms with Crippen molar-refractivity contribution in [3.05, 3.63) is 83.4 Å². The van der Waals surface area contributed by atoms with E-state index in [1.807, 2.05) is 30.3 Å².